The lowest BCUT2D eigenvalue weighted by Crippen LogP contribution is -2.48. The van der Waals surface area contributed by atoms with Gasteiger partial charge in [-0.3, -0.25) is 14.7 Å². The molecule has 0 saturated carbocycles. The molecule has 31 heavy (non-hydrogen) atoms. The van der Waals surface area contributed by atoms with Crippen LogP contribution >= 0.6 is 0 Å². The van der Waals surface area contributed by atoms with E-state index in [0.29, 0.717) is 31.1 Å². The topological polar surface area (TPSA) is 70.6 Å². The van der Waals surface area contributed by atoms with Gasteiger partial charge in [-0.2, -0.15) is 0 Å². The first kappa shape index (κ1) is 20.8. The van der Waals surface area contributed by atoms with E-state index in [-0.39, 0.29) is 5.91 Å². The highest BCUT2D eigenvalue weighted by Gasteiger charge is 2.24. The average Bonchev–Trinajstić information content (AvgIpc) is 2.82. The van der Waals surface area contributed by atoms with Gasteiger partial charge in [0.2, 0.25) is 0 Å². The van der Waals surface area contributed by atoms with Gasteiger partial charge in [0, 0.05) is 50.8 Å². The normalized spacial score (nSPS) is 14.3. The monoisotopic (exact) mass is 417 g/mol. The molecule has 1 saturated heterocycles. The molecule has 1 fully saturated rings. The highest BCUT2D eigenvalue weighted by atomic mass is 16.5. The molecule has 160 valence electrons. The zero-order valence-electron chi connectivity index (χ0n) is 17.7. The van der Waals surface area contributed by atoms with Gasteiger partial charge in [-0.1, -0.05) is 6.07 Å². The molecule has 0 unspecified atom stereocenters. The summed E-state index contributed by atoms with van der Waals surface area (Å²) in [5, 5.41) is 3.27. The van der Waals surface area contributed by atoms with Gasteiger partial charge in [-0.05, 0) is 55.5 Å². The van der Waals surface area contributed by atoms with Crippen LogP contribution in [0.25, 0.3) is 0 Å². The maximum atomic E-state index is 13.2. The van der Waals surface area contributed by atoms with Crippen molar-refractivity contribution < 1.29 is 9.53 Å². The van der Waals surface area contributed by atoms with Crippen molar-refractivity contribution in [3.8, 4) is 5.75 Å². The summed E-state index contributed by atoms with van der Waals surface area (Å²) in [7, 11) is 0. The van der Waals surface area contributed by atoms with Gasteiger partial charge in [0.15, 0.2) is 0 Å². The zero-order valence-corrected chi connectivity index (χ0v) is 17.7. The number of nitrogens with zero attached hydrogens (tertiary/aromatic N) is 4. The molecule has 1 aliphatic heterocycles. The lowest BCUT2D eigenvalue weighted by atomic mass is 10.2. The SMILES string of the molecule is CCOc1ccc(Nc2ncccc2C(=O)N2CCN(Cc3ccccn3)CC2)cc1. The fourth-order valence-electron chi connectivity index (χ4n) is 3.62. The zero-order chi connectivity index (χ0) is 21.5. The standard InChI is InChI=1S/C24H27N5O2/c1-2-31-21-10-8-19(9-11-21)27-23-22(7-5-13-26-23)24(30)29-16-14-28(15-17-29)18-20-6-3-4-12-25-20/h3-13H,2,14-18H2,1H3,(H,26,27). The van der Waals surface area contributed by atoms with Gasteiger partial charge in [0.1, 0.15) is 11.6 Å². The fourth-order valence-corrected chi connectivity index (χ4v) is 3.62. The first-order valence-electron chi connectivity index (χ1n) is 10.6. The van der Waals surface area contributed by atoms with Crippen LogP contribution in [0.15, 0.2) is 67.0 Å². The summed E-state index contributed by atoms with van der Waals surface area (Å²) in [5.74, 6) is 1.38. The van der Waals surface area contributed by atoms with Crippen molar-refractivity contribution in [2.24, 2.45) is 0 Å². The first-order chi connectivity index (χ1) is 15.2. The van der Waals surface area contributed by atoms with Crippen LogP contribution in [0.3, 0.4) is 0 Å². The van der Waals surface area contributed by atoms with E-state index in [1.807, 2.05) is 66.6 Å². The predicted molar refractivity (Wildman–Crippen MR) is 121 cm³/mol. The van der Waals surface area contributed by atoms with Crippen LogP contribution in [0, 0.1) is 0 Å². The number of piperazine rings is 1. The van der Waals surface area contributed by atoms with Crippen LogP contribution in [0.1, 0.15) is 23.0 Å². The molecule has 1 aliphatic rings. The van der Waals surface area contributed by atoms with E-state index in [0.717, 1.165) is 36.8 Å². The number of hydrogen-bond acceptors (Lipinski definition) is 6. The highest BCUT2D eigenvalue weighted by Crippen LogP contribution is 2.23. The van der Waals surface area contributed by atoms with E-state index < -0.39 is 0 Å². The summed E-state index contributed by atoms with van der Waals surface area (Å²) in [6, 6.07) is 17.2. The molecule has 0 atom stereocenters. The van der Waals surface area contributed by atoms with Gasteiger partial charge in [-0.15, -0.1) is 0 Å². The molecule has 3 aromatic rings. The van der Waals surface area contributed by atoms with Crippen LogP contribution in [0.2, 0.25) is 0 Å². The summed E-state index contributed by atoms with van der Waals surface area (Å²) in [4.78, 5) is 26.2. The van der Waals surface area contributed by atoms with Crippen molar-refractivity contribution in [2.45, 2.75) is 13.5 Å². The van der Waals surface area contributed by atoms with Crippen molar-refractivity contribution in [1.29, 1.82) is 0 Å². The fraction of sp³-hybridized carbons (Fsp3) is 0.292. The Hall–Kier alpha value is -3.45. The van der Waals surface area contributed by atoms with Gasteiger partial charge >= 0.3 is 0 Å². The molecule has 0 bridgehead atoms. The first-order valence-corrected chi connectivity index (χ1v) is 10.6. The summed E-state index contributed by atoms with van der Waals surface area (Å²) < 4.78 is 5.49. The molecule has 2 aromatic heterocycles. The summed E-state index contributed by atoms with van der Waals surface area (Å²) in [5.41, 5.74) is 2.49. The Morgan fingerprint density at radius 2 is 1.74 bits per heavy atom. The van der Waals surface area contributed by atoms with Crippen molar-refractivity contribution in [2.75, 3.05) is 38.1 Å². The van der Waals surface area contributed by atoms with E-state index in [1.54, 1.807) is 12.3 Å². The third-order valence-electron chi connectivity index (χ3n) is 5.24. The third-order valence-corrected chi connectivity index (χ3v) is 5.24. The second kappa shape index (κ2) is 10.0. The minimum absolute atomic E-state index is 0.000905. The molecule has 0 spiro atoms. The van der Waals surface area contributed by atoms with Crippen molar-refractivity contribution in [1.82, 2.24) is 19.8 Å². The number of amides is 1. The van der Waals surface area contributed by atoms with E-state index in [4.69, 9.17) is 4.74 Å². The van der Waals surface area contributed by atoms with Crippen molar-refractivity contribution >= 4 is 17.4 Å². The largest absolute Gasteiger partial charge is 0.494 e. The van der Waals surface area contributed by atoms with E-state index >= 15 is 0 Å². The molecule has 1 N–H and O–H groups in total. The summed E-state index contributed by atoms with van der Waals surface area (Å²) in [6.07, 6.45) is 3.51. The summed E-state index contributed by atoms with van der Waals surface area (Å²) in [6.45, 7) is 6.40. The number of benzene rings is 1. The van der Waals surface area contributed by atoms with E-state index in [1.165, 1.54) is 0 Å². The molecular formula is C24H27N5O2. The van der Waals surface area contributed by atoms with Gasteiger partial charge in [0.25, 0.3) is 5.91 Å². The second-order valence-electron chi connectivity index (χ2n) is 7.37. The Labute approximate surface area is 182 Å². The molecule has 7 nitrogen and oxygen atoms in total. The van der Waals surface area contributed by atoms with E-state index in [2.05, 4.69) is 20.2 Å². The molecule has 3 heterocycles. The molecule has 0 radical (unpaired) electrons. The van der Waals surface area contributed by atoms with Crippen LogP contribution in [-0.2, 0) is 6.54 Å². The molecular weight excluding hydrogens is 390 g/mol. The van der Waals surface area contributed by atoms with Crippen LogP contribution in [0.4, 0.5) is 11.5 Å². The molecule has 4 rings (SSSR count). The van der Waals surface area contributed by atoms with Gasteiger partial charge in [0.05, 0.1) is 17.9 Å². The van der Waals surface area contributed by atoms with Gasteiger partial charge in [-0.25, -0.2) is 4.98 Å². The maximum Gasteiger partial charge on any atom is 0.257 e. The number of nitrogens with one attached hydrogen (secondary N) is 1. The number of rotatable bonds is 7. The Kier molecular flexibility index (Phi) is 6.74. The number of carbonyl (C=O) groups excluding carboxylic acids is 1. The maximum absolute atomic E-state index is 13.2. The van der Waals surface area contributed by atoms with Crippen LogP contribution < -0.4 is 10.1 Å². The van der Waals surface area contributed by atoms with Crippen molar-refractivity contribution in [3.63, 3.8) is 0 Å². The lowest BCUT2D eigenvalue weighted by Gasteiger charge is -2.34. The highest BCUT2D eigenvalue weighted by molar-refractivity contribution is 5.99. The number of carbonyl (C=O) groups is 1. The predicted octanol–water partition coefficient (Wildman–Crippen LogP) is 3.58. The number of hydrogen-bond donors (Lipinski definition) is 1. The quantitative estimate of drug-likeness (QED) is 0.634. The van der Waals surface area contributed by atoms with Crippen molar-refractivity contribution in [3.05, 3.63) is 78.2 Å². The van der Waals surface area contributed by atoms with Crippen LogP contribution in [-0.4, -0.2) is 58.5 Å². The Morgan fingerprint density at radius 1 is 0.968 bits per heavy atom. The number of ether oxygens (including phenoxy) is 1. The number of aromatic nitrogens is 2. The minimum Gasteiger partial charge on any atom is -0.494 e. The smallest absolute Gasteiger partial charge is 0.257 e. The number of pyridine rings is 2. The third kappa shape index (κ3) is 5.38. The Bertz CT molecular complexity index is 986. The second-order valence-corrected chi connectivity index (χ2v) is 7.37. The van der Waals surface area contributed by atoms with Crippen LogP contribution in [0.5, 0.6) is 5.75 Å². The minimum atomic E-state index is -0.000905. The molecule has 0 aliphatic carbocycles. The lowest BCUT2D eigenvalue weighted by molar-refractivity contribution is 0.0627. The Balaban J connectivity index is 1.39. The molecule has 1 amide bonds. The van der Waals surface area contributed by atoms with Gasteiger partial charge < -0.3 is 15.0 Å². The average molecular weight is 418 g/mol. The summed E-state index contributed by atoms with van der Waals surface area (Å²) >= 11 is 0. The molecule has 7 heteroatoms. The Morgan fingerprint density at radius 3 is 2.45 bits per heavy atom. The number of anilines is 2. The molecule has 1 aromatic carbocycles. The van der Waals surface area contributed by atoms with E-state index in [9.17, 15) is 4.79 Å².